The summed E-state index contributed by atoms with van der Waals surface area (Å²) < 4.78 is 26.0. The first-order valence-corrected chi connectivity index (χ1v) is 8.92. The number of aromatic carboxylic acids is 1. The average Bonchev–Trinajstić information content (AvgIpc) is 2.37. The molecule has 1 aromatic rings. The Balaban J connectivity index is 3.16. The van der Waals surface area contributed by atoms with Gasteiger partial charge in [-0.3, -0.25) is 0 Å². The number of hydrogen-bond donors (Lipinski definition) is 1. The van der Waals surface area contributed by atoms with Crippen LogP contribution < -0.4 is 0 Å². The van der Waals surface area contributed by atoms with Crippen molar-refractivity contribution in [3.8, 4) is 0 Å². The SMILES string of the molecule is CSCC(C)N(C)S(=O)(=O)c1ccc(C(=O)O)c(Cl)c1. The van der Waals surface area contributed by atoms with Gasteiger partial charge in [-0.25, -0.2) is 13.2 Å². The molecule has 0 spiro atoms. The van der Waals surface area contributed by atoms with Gasteiger partial charge in [0.15, 0.2) is 0 Å². The van der Waals surface area contributed by atoms with Gasteiger partial charge in [-0.1, -0.05) is 11.6 Å². The fourth-order valence-corrected chi connectivity index (χ4v) is 4.09. The van der Waals surface area contributed by atoms with Gasteiger partial charge in [0.25, 0.3) is 0 Å². The summed E-state index contributed by atoms with van der Waals surface area (Å²) in [5, 5.41) is 8.79. The summed E-state index contributed by atoms with van der Waals surface area (Å²) in [6.07, 6.45) is 1.90. The van der Waals surface area contributed by atoms with Crippen molar-refractivity contribution < 1.29 is 18.3 Å². The van der Waals surface area contributed by atoms with Crippen LogP contribution >= 0.6 is 23.4 Å². The van der Waals surface area contributed by atoms with Crippen LogP contribution in [0.15, 0.2) is 23.1 Å². The van der Waals surface area contributed by atoms with Crippen molar-refractivity contribution in [3.63, 3.8) is 0 Å². The predicted molar refractivity (Wildman–Crippen MR) is 81.2 cm³/mol. The van der Waals surface area contributed by atoms with E-state index in [9.17, 15) is 13.2 Å². The first kappa shape index (κ1) is 17.3. The van der Waals surface area contributed by atoms with Crippen LogP contribution in [0.2, 0.25) is 5.02 Å². The van der Waals surface area contributed by atoms with Crippen molar-refractivity contribution in [2.24, 2.45) is 0 Å². The van der Waals surface area contributed by atoms with Crippen molar-refractivity contribution in [1.29, 1.82) is 0 Å². The number of halogens is 1. The van der Waals surface area contributed by atoms with Crippen molar-refractivity contribution in [2.45, 2.75) is 17.9 Å². The molecule has 1 atom stereocenters. The molecule has 0 fully saturated rings. The second-order valence-corrected chi connectivity index (χ2v) is 7.59. The maximum absolute atomic E-state index is 12.4. The van der Waals surface area contributed by atoms with E-state index in [-0.39, 0.29) is 21.5 Å². The summed E-state index contributed by atoms with van der Waals surface area (Å²) >= 11 is 7.36. The Hall–Kier alpha value is -0.760. The molecule has 112 valence electrons. The molecule has 0 bridgehead atoms. The lowest BCUT2D eigenvalue weighted by molar-refractivity contribution is 0.0697. The highest BCUT2D eigenvalue weighted by Crippen LogP contribution is 2.24. The number of rotatable bonds is 6. The molecule has 0 radical (unpaired) electrons. The predicted octanol–water partition coefficient (Wildman–Crippen LogP) is 2.41. The van der Waals surface area contributed by atoms with E-state index in [0.717, 1.165) is 0 Å². The fraction of sp³-hybridized carbons (Fsp3) is 0.417. The third-order valence-electron chi connectivity index (χ3n) is 2.88. The van der Waals surface area contributed by atoms with Crippen molar-refractivity contribution in [1.82, 2.24) is 4.31 Å². The average molecular weight is 338 g/mol. The van der Waals surface area contributed by atoms with Gasteiger partial charge in [-0.2, -0.15) is 16.1 Å². The van der Waals surface area contributed by atoms with E-state index in [4.69, 9.17) is 16.7 Å². The number of benzene rings is 1. The number of carboxylic acids is 1. The highest BCUT2D eigenvalue weighted by molar-refractivity contribution is 7.98. The van der Waals surface area contributed by atoms with Crippen LogP contribution in [0.3, 0.4) is 0 Å². The molecule has 0 amide bonds. The summed E-state index contributed by atoms with van der Waals surface area (Å²) in [5.74, 6) is -0.528. The molecule has 5 nitrogen and oxygen atoms in total. The minimum absolute atomic E-state index is 0.0112. The maximum Gasteiger partial charge on any atom is 0.337 e. The van der Waals surface area contributed by atoms with Crippen molar-refractivity contribution in [2.75, 3.05) is 19.1 Å². The first-order chi connectivity index (χ1) is 9.21. The largest absolute Gasteiger partial charge is 0.478 e. The molecule has 1 rings (SSSR count). The summed E-state index contributed by atoms with van der Waals surface area (Å²) in [4.78, 5) is 10.9. The van der Waals surface area contributed by atoms with Gasteiger partial charge in [-0.15, -0.1) is 0 Å². The summed E-state index contributed by atoms with van der Waals surface area (Å²) in [7, 11) is -2.19. The van der Waals surface area contributed by atoms with Gasteiger partial charge in [-0.05, 0) is 31.4 Å². The first-order valence-electron chi connectivity index (χ1n) is 5.71. The number of sulfonamides is 1. The lowest BCUT2D eigenvalue weighted by atomic mass is 10.2. The number of thioether (sulfide) groups is 1. The fourth-order valence-electron chi connectivity index (χ4n) is 1.58. The van der Waals surface area contributed by atoms with E-state index in [1.807, 2.05) is 6.26 Å². The zero-order valence-corrected chi connectivity index (χ0v) is 13.7. The number of nitrogens with zero attached hydrogens (tertiary/aromatic N) is 1. The number of carboxylic acid groups (broad SMARTS) is 1. The quantitative estimate of drug-likeness (QED) is 0.862. The number of hydrogen-bond acceptors (Lipinski definition) is 4. The highest BCUT2D eigenvalue weighted by Gasteiger charge is 2.26. The summed E-state index contributed by atoms with van der Waals surface area (Å²) in [6, 6.07) is 3.45. The second kappa shape index (κ2) is 6.80. The lowest BCUT2D eigenvalue weighted by Gasteiger charge is -2.23. The molecule has 0 aliphatic rings. The highest BCUT2D eigenvalue weighted by atomic mass is 35.5. The Kier molecular flexibility index (Phi) is 5.88. The van der Waals surface area contributed by atoms with Crippen LogP contribution in [0.4, 0.5) is 0 Å². The normalized spacial score (nSPS) is 13.4. The van der Waals surface area contributed by atoms with E-state index < -0.39 is 16.0 Å². The van der Waals surface area contributed by atoms with Gasteiger partial charge >= 0.3 is 5.97 Å². The molecule has 0 heterocycles. The Morgan fingerprint density at radius 3 is 2.55 bits per heavy atom. The van der Waals surface area contributed by atoms with Gasteiger partial charge in [0.1, 0.15) is 0 Å². The van der Waals surface area contributed by atoms with E-state index >= 15 is 0 Å². The summed E-state index contributed by atoms with van der Waals surface area (Å²) in [5.41, 5.74) is -0.120. The van der Waals surface area contributed by atoms with Crippen LogP contribution in [-0.4, -0.2) is 48.9 Å². The van der Waals surface area contributed by atoms with E-state index in [1.165, 1.54) is 29.6 Å². The molecule has 0 aliphatic heterocycles. The molecule has 1 unspecified atom stereocenters. The Labute approximate surface area is 128 Å². The third-order valence-corrected chi connectivity index (χ3v) is 5.97. The standard InChI is InChI=1S/C12H16ClNO4S2/c1-8(7-19-3)14(2)20(17,18)9-4-5-10(12(15)16)11(13)6-9/h4-6,8H,7H2,1-3H3,(H,15,16). The van der Waals surface area contributed by atoms with Crippen LogP contribution in [-0.2, 0) is 10.0 Å². The Bertz CT molecular complexity index is 603. The van der Waals surface area contributed by atoms with Crippen LogP contribution in [0.25, 0.3) is 0 Å². The van der Waals surface area contributed by atoms with E-state index in [0.29, 0.717) is 5.75 Å². The smallest absolute Gasteiger partial charge is 0.337 e. The van der Waals surface area contributed by atoms with Crippen LogP contribution in [0.5, 0.6) is 0 Å². The van der Waals surface area contributed by atoms with E-state index in [2.05, 4.69) is 0 Å². The van der Waals surface area contributed by atoms with Gasteiger partial charge < -0.3 is 5.11 Å². The minimum atomic E-state index is -3.68. The molecule has 20 heavy (non-hydrogen) atoms. The maximum atomic E-state index is 12.4. The lowest BCUT2D eigenvalue weighted by Crippen LogP contribution is -2.36. The molecule has 0 aliphatic carbocycles. The van der Waals surface area contributed by atoms with Gasteiger partial charge in [0.05, 0.1) is 15.5 Å². The molecule has 1 N–H and O–H groups in total. The van der Waals surface area contributed by atoms with Gasteiger partial charge in [0.2, 0.25) is 10.0 Å². The van der Waals surface area contributed by atoms with Crippen LogP contribution in [0, 0.1) is 0 Å². The monoisotopic (exact) mass is 337 g/mol. The second-order valence-electron chi connectivity index (χ2n) is 4.27. The Morgan fingerprint density at radius 2 is 2.10 bits per heavy atom. The molecular weight excluding hydrogens is 322 g/mol. The zero-order chi connectivity index (χ0) is 15.5. The molecule has 0 saturated carbocycles. The topological polar surface area (TPSA) is 74.7 Å². The Morgan fingerprint density at radius 1 is 1.50 bits per heavy atom. The third kappa shape index (κ3) is 3.66. The van der Waals surface area contributed by atoms with Crippen LogP contribution in [0.1, 0.15) is 17.3 Å². The molecule has 1 aromatic carbocycles. The van der Waals surface area contributed by atoms with E-state index in [1.54, 1.807) is 18.7 Å². The zero-order valence-electron chi connectivity index (χ0n) is 11.3. The summed E-state index contributed by atoms with van der Waals surface area (Å²) in [6.45, 7) is 1.81. The molecule has 0 saturated heterocycles. The molecular formula is C12H16ClNO4S2. The van der Waals surface area contributed by atoms with Crippen molar-refractivity contribution >= 4 is 39.4 Å². The minimum Gasteiger partial charge on any atom is -0.478 e. The van der Waals surface area contributed by atoms with Gasteiger partial charge in [0, 0.05) is 18.8 Å². The number of carbonyl (C=O) groups is 1. The van der Waals surface area contributed by atoms with Crippen molar-refractivity contribution in [3.05, 3.63) is 28.8 Å². The molecule has 8 heteroatoms. The molecule has 0 aromatic heterocycles.